The lowest BCUT2D eigenvalue weighted by Gasteiger charge is -2.27. The molecule has 1 aliphatic heterocycles. The van der Waals surface area contributed by atoms with Crippen molar-refractivity contribution in [2.75, 3.05) is 0 Å². The Hall–Kier alpha value is -3.99. The molecule has 1 amide bonds. The molecule has 1 aromatic carbocycles. The minimum absolute atomic E-state index is 0.00598. The number of halogens is 1. The zero-order chi connectivity index (χ0) is 25.5. The summed E-state index contributed by atoms with van der Waals surface area (Å²) in [6, 6.07) is 8.92. The normalized spacial score (nSPS) is 21.1. The molecule has 6 rings (SSSR count). The average Bonchev–Trinajstić information content (AvgIpc) is 3.65. The van der Waals surface area contributed by atoms with Gasteiger partial charge in [0, 0.05) is 46.2 Å². The standard InChI is InChI=1S/C25H25ClN8O3/c26-16-3-7-21(33-13-28-31-32-33)19(11-16)15-9-18-6-8-22(34(18)23(35)10-15)24-27-12-20(30-24)14-1-4-17(5-2-14)29-25(36)37/h3,7,9-14,17,22,29H,1-2,4-6,8H2,(H,27,30)(H,36,37)/t14-,17-,22-/m0/s1. The third-order valence-corrected chi connectivity index (χ3v) is 7.66. The fourth-order valence-corrected chi connectivity index (χ4v) is 5.84. The van der Waals surface area contributed by atoms with Crippen LogP contribution in [0.25, 0.3) is 16.8 Å². The molecule has 4 heterocycles. The lowest BCUT2D eigenvalue weighted by atomic mass is 9.84. The molecule has 4 aromatic rings. The van der Waals surface area contributed by atoms with Gasteiger partial charge in [-0.1, -0.05) is 11.6 Å². The highest BCUT2D eigenvalue weighted by Crippen LogP contribution is 2.36. The highest BCUT2D eigenvalue weighted by atomic mass is 35.5. The Morgan fingerprint density at radius 2 is 1.97 bits per heavy atom. The number of imidazole rings is 1. The molecule has 0 bridgehead atoms. The van der Waals surface area contributed by atoms with E-state index in [1.807, 2.05) is 29.0 Å². The zero-order valence-corrected chi connectivity index (χ0v) is 20.6. The predicted octanol–water partition coefficient (Wildman–Crippen LogP) is 3.70. The van der Waals surface area contributed by atoms with E-state index in [2.05, 4.69) is 30.8 Å². The molecule has 1 fully saturated rings. The molecule has 0 radical (unpaired) electrons. The van der Waals surface area contributed by atoms with Gasteiger partial charge in [0.1, 0.15) is 12.2 Å². The number of aryl methyl sites for hydroxylation is 1. The quantitative estimate of drug-likeness (QED) is 0.364. The zero-order valence-electron chi connectivity index (χ0n) is 19.8. The molecule has 0 unspecified atom stereocenters. The molecule has 3 N–H and O–H groups in total. The minimum Gasteiger partial charge on any atom is -0.465 e. The number of carboxylic acid groups (broad SMARTS) is 1. The molecule has 2 aliphatic rings. The summed E-state index contributed by atoms with van der Waals surface area (Å²) in [5.74, 6) is 1.09. The summed E-state index contributed by atoms with van der Waals surface area (Å²) in [7, 11) is 0. The van der Waals surface area contributed by atoms with Crippen molar-refractivity contribution in [1.29, 1.82) is 0 Å². The fraction of sp³-hybridized carbons (Fsp3) is 0.360. The molecule has 1 saturated carbocycles. The van der Waals surface area contributed by atoms with Crippen LogP contribution in [0.2, 0.25) is 5.02 Å². The van der Waals surface area contributed by atoms with Crippen LogP contribution in [-0.2, 0) is 6.42 Å². The van der Waals surface area contributed by atoms with E-state index in [1.54, 1.807) is 16.8 Å². The summed E-state index contributed by atoms with van der Waals surface area (Å²) in [6.45, 7) is 0. The second kappa shape index (κ2) is 9.47. The highest BCUT2D eigenvalue weighted by Gasteiger charge is 2.30. The van der Waals surface area contributed by atoms with Crippen molar-refractivity contribution in [3.63, 3.8) is 0 Å². The van der Waals surface area contributed by atoms with Crippen LogP contribution in [0.3, 0.4) is 0 Å². The number of aromatic nitrogens is 7. The van der Waals surface area contributed by atoms with Crippen molar-refractivity contribution < 1.29 is 9.90 Å². The first kappa shape index (κ1) is 23.4. The number of aromatic amines is 1. The predicted molar refractivity (Wildman–Crippen MR) is 135 cm³/mol. The number of carbonyl (C=O) groups is 1. The monoisotopic (exact) mass is 520 g/mol. The molecule has 1 atom stereocenters. The lowest BCUT2D eigenvalue weighted by molar-refractivity contribution is 0.185. The Bertz CT molecular complexity index is 1500. The van der Waals surface area contributed by atoms with Gasteiger partial charge >= 0.3 is 6.09 Å². The number of rotatable bonds is 5. The minimum atomic E-state index is -0.970. The van der Waals surface area contributed by atoms with Crippen molar-refractivity contribution in [1.82, 2.24) is 40.1 Å². The van der Waals surface area contributed by atoms with Gasteiger partial charge in [-0.3, -0.25) is 4.79 Å². The number of nitrogens with one attached hydrogen (secondary N) is 2. The molecular weight excluding hydrogens is 496 g/mol. The van der Waals surface area contributed by atoms with Crippen molar-refractivity contribution >= 4 is 17.7 Å². The van der Waals surface area contributed by atoms with E-state index in [0.717, 1.165) is 72.6 Å². The maximum absolute atomic E-state index is 13.4. The van der Waals surface area contributed by atoms with E-state index in [9.17, 15) is 9.59 Å². The summed E-state index contributed by atoms with van der Waals surface area (Å²) >= 11 is 6.30. The van der Waals surface area contributed by atoms with E-state index >= 15 is 0 Å². The molecule has 3 aromatic heterocycles. The summed E-state index contributed by atoms with van der Waals surface area (Å²) in [5.41, 5.74) is 4.15. The summed E-state index contributed by atoms with van der Waals surface area (Å²) < 4.78 is 3.37. The second-order valence-corrected chi connectivity index (χ2v) is 10.1. The Labute approximate surface area is 216 Å². The average molecular weight is 521 g/mol. The van der Waals surface area contributed by atoms with Crippen LogP contribution >= 0.6 is 11.6 Å². The highest BCUT2D eigenvalue weighted by molar-refractivity contribution is 6.31. The summed E-state index contributed by atoms with van der Waals surface area (Å²) in [5, 5.41) is 23.5. The van der Waals surface area contributed by atoms with Gasteiger partial charge in [-0.05, 0) is 78.8 Å². The molecule has 12 heteroatoms. The number of benzene rings is 1. The van der Waals surface area contributed by atoms with E-state index < -0.39 is 6.09 Å². The van der Waals surface area contributed by atoms with Gasteiger partial charge in [-0.2, -0.15) is 4.68 Å². The van der Waals surface area contributed by atoms with Crippen molar-refractivity contribution in [3.05, 3.63) is 75.4 Å². The Morgan fingerprint density at radius 3 is 2.73 bits per heavy atom. The SMILES string of the molecule is O=C(O)N[C@H]1CC[C@H](c2cnc([C@@H]3CCc4cc(-c5cc(Cl)ccc5-n5cnnn5)cc(=O)n43)[nH]2)CC1. The van der Waals surface area contributed by atoms with Gasteiger partial charge in [0.05, 0.1) is 11.7 Å². The maximum atomic E-state index is 13.4. The second-order valence-electron chi connectivity index (χ2n) is 9.64. The molecule has 190 valence electrons. The van der Waals surface area contributed by atoms with Gasteiger partial charge in [0.25, 0.3) is 5.56 Å². The number of fused-ring (bicyclic) bond motifs is 1. The maximum Gasteiger partial charge on any atom is 0.404 e. The smallest absolute Gasteiger partial charge is 0.404 e. The van der Waals surface area contributed by atoms with Crippen LogP contribution in [0.1, 0.15) is 61.3 Å². The van der Waals surface area contributed by atoms with Crippen LogP contribution in [-0.4, -0.2) is 52.0 Å². The fourth-order valence-electron chi connectivity index (χ4n) is 5.67. The van der Waals surface area contributed by atoms with Gasteiger partial charge in [0.2, 0.25) is 0 Å². The van der Waals surface area contributed by atoms with Crippen molar-refractivity contribution in [2.24, 2.45) is 0 Å². The number of amides is 1. The van der Waals surface area contributed by atoms with Crippen LogP contribution in [0.4, 0.5) is 4.79 Å². The third kappa shape index (κ3) is 4.50. The molecular formula is C25H25ClN8O3. The number of hydrogen-bond acceptors (Lipinski definition) is 6. The largest absolute Gasteiger partial charge is 0.465 e. The number of nitrogens with zero attached hydrogens (tertiary/aromatic N) is 6. The van der Waals surface area contributed by atoms with Gasteiger partial charge < -0.3 is 20.0 Å². The van der Waals surface area contributed by atoms with Crippen LogP contribution < -0.4 is 10.9 Å². The lowest BCUT2D eigenvalue weighted by Crippen LogP contribution is -2.36. The van der Waals surface area contributed by atoms with Crippen LogP contribution in [0, 0.1) is 0 Å². The molecule has 37 heavy (non-hydrogen) atoms. The van der Waals surface area contributed by atoms with E-state index in [1.165, 1.54) is 6.33 Å². The first-order valence-corrected chi connectivity index (χ1v) is 12.7. The van der Waals surface area contributed by atoms with Crippen LogP contribution in [0.15, 0.2) is 47.7 Å². The summed E-state index contributed by atoms with van der Waals surface area (Å²) in [4.78, 5) is 32.4. The molecule has 11 nitrogen and oxygen atoms in total. The van der Waals surface area contributed by atoms with E-state index in [0.29, 0.717) is 10.9 Å². The number of hydrogen-bond donors (Lipinski definition) is 3. The van der Waals surface area contributed by atoms with E-state index in [-0.39, 0.29) is 17.6 Å². The van der Waals surface area contributed by atoms with Gasteiger partial charge in [0.15, 0.2) is 0 Å². The Morgan fingerprint density at radius 1 is 1.14 bits per heavy atom. The van der Waals surface area contributed by atoms with Gasteiger partial charge in [-0.25, -0.2) is 9.78 Å². The molecule has 0 saturated heterocycles. The molecule has 1 aliphatic carbocycles. The third-order valence-electron chi connectivity index (χ3n) is 7.42. The van der Waals surface area contributed by atoms with E-state index in [4.69, 9.17) is 16.7 Å². The first-order chi connectivity index (χ1) is 18.0. The number of H-pyrrole nitrogens is 1. The Kier molecular flexibility index (Phi) is 5.99. The van der Waals surface area contributed by atoms with Crippen molar-refractivity contribution in [3.8, 4) is 16.8 Å². The topological polar surface area (TPSA) is 144 Å². The first-order valence-electron chi connectivity index (χ1n) is 12.3. The van der Waals surface area contributed by atoms with Crippen molar-refractivity contribution in [2.45, 2.75) is 56.5 Å². The number of pyridine rings is 1. The number of tetrazole rings is 1. The van der Waals surface area contributed by atoms with Gasteiger partial charge in [-0.15, -0.1) is 5.10 Å². The van der Waals surface area contributed by atoms with Crippen LogP contribution in [0.5, 0.6) is 0 Å². The summed E-state index contributed by atoms with van der Waals surface area (Å²) in [6.07, 6.45) is 7.31. The Balaban J connectivity index is 1.26. The molecule has 0 spiro atoms.